The molecule has 0 amide bonds. The first kappa shape index (κ1) is 90.1. The van der Waals surface area contributed by atoms with Gasteiger partial charge in [-0.25, -0.2) is 66.2 Å². The second-order valence-electron chi connectivity index (χ2n) is 31.2. The molecule has 0 saturated heterocycles. The quantitative estimate of drug-likeness (QED) is 0.0250. The summed E-state index contributed by atoms with van der Waals surface area (Å²) in [5.41, 5.74) is 33.3. The standard InChI is InChI=1S/C23H25Cl2N5.3C23H24ClF2N5/c24-17-3-1-15(2-4-17)13-28-22-11-16(9-10-27-22)20-12-23(29-14-21(20)25)30-19-7-5-18(26)6-8-19;24-19-13-30-23(31-17-4-2-16(27)3-5-17)11-18(19)15-7-8-28-22(10-15)29-12-14-1-6-20(25)21(26)9-14;24-20-13-30-23(31-18-5-3-17(27)4-6-18)11-19(20)14-7-8-28-22(9-14)29-12-15-1-2-16(25)10-21(15)26;24-19-13-30-22(31-17-6-4-16(27)5-7-17)11-18(19)14-8-9-28-21(10-14)29-12-15-2-1-3-20(25)23(15)26/h1-4,9-12,14,18-19H,5-8,13,26H2,(H,27,28)(H,29,30);1,6-11,13,16-17H,2-5,12,27H2,(H,28,29)(H,30,31);1-2,7-11,13,17-18H,3-6,12,27H2,(H,28,29)(H,30,31);1-3,8-11,13,16-17H,4-7,12,27H2,(H,28,29)(H,30,31). The number of anilines is 8. The predicted octanol–water partition coefficient (Wildman–Crippen LogP) is 21.9. The van der Waals surface area contributed by atoms with Crippen LogP contribution in [-0.4, -0.2) is 88.2 Å². The van der Waals surface area contributed by atoms with Crippen molar-refractivity contribution in [3.63, 3.8) is 0 Å². The van der Waals surface area contributed by atoms with E-state index in [1.165, 1.54) is 36.4 Å². The van der Waals surface area contributed by atoms with Gasteiger partial charge in [0.15, 0.2) is 23.3 Å². The van der Waals surface area contributed by atoms with Crippen molar-refractivity contribution >= 4 is 105 Å². The Kier molecular flexibility index (Phi) is 32.3. The normalized spacial score (nSPS) is 18.6. The van der Waals surface area contributed by atoms with E-state index in [2.05, 4.69) is 82.4 Å². The third-order valence-corrected chi connectivity index (χ3v) is 23.5. The van der Waals surface area contributed by atoms with Crippen LogP contribution in [0.4, 0.5) is 72.9 Å². The Morgan fingerprint density at radius 2 is 0.618 bits per heavy atom. The van der Waals surface area contributed by atoms with Crippen molar-refractivity contribution in [3.8, 4) is 44.5 Å². The summed E-state index contributed by atoms with van der Waals surface area (Å²) in [5.74, 6) is 0.942. The molecule has 4 aliphatic carbocycles. The lowest BCUT2D eigenvalue weighted by molar-refractivity contribution is 0.410. The van der Waals surface area contributed by atoms with E-state index in [1.807, 2.05) is 97.1 Å². The van der Waals surface area contributed by atoms with Crippen molar-refractivity contribution in [1.29, 1.82) is 0 Å². The number of pyridine rings is 8. The van der Waals surface area contributed by atoms with E-state index in [-0.39, 0.29) is 30.7 Å². The van der Waals surface area contributed by atoms with Gasteiger partial charge < -0.3 is 65.5 Å². The Bertz CT molecular complexity index is 5490. The molecule has 0 atom stereocenters. The van der Waals surface area contributed by atoms with Crippen LogP contribution in [0, 0.1) is 34.9 Å². The maximum absolute atomic E-state index is 13.9. The number of benzene rings is 4. The second-order valence-corrected chi connectivity index (χ2v) is 33.2. The largest absolute Gasteiger partial charge is 0.367 e. The fraction of sp³-hybridized carbons (Fsp3) is 0.304. The van der Waals surface area contributed by atoms with E-state index < -0.39 is 34.9 Å². The molecule has 16 rings (SSSR count). The van der Waals surface area contributed by atoms with E-state index in [0.29, 0.717) is 98.0 Å². The molecule has 16 N–H and O–H groups in total. The number of nitrogens with one attached hydrogen (secondary N) is 8. The van der Waals surface area contributed by atoms with Crippen LogP contribution in [-0.2, 0) is 26.2 Å². The first-order valence-electron chi connectivity index (χ1n) is 41.1. The summed E-state index contributed by atoms with van der Waals surface area (Å²) in [6.07, 6.45) is 29.7. The molecule has 8 aromatic heterocycles. The highest BCUT2D eigenvalue weighted by molar-refractivity contribution is 6.34. The Hall–Kier alpha value is -10.7. The first-order valence-corrected chi connectivity index (χ1v) is 43.0. The van der Waals surface area contributed by atoms with Crippen LogP contribution in [0.3, 0.4) is 0 Å². The highest BCUT2D eigenvalue weighted by Crippen LogP contribution is 2.38. The van der Waals surface area contributed by atoms with Gasteiger partial charge in [-0.05, 0) is 245 Å². The molecule has 0 bridgehead atoms. The van der Waals surface area contributed by atoms with Gasteiger partial charge >= 0.3 is 0 Å². The van der Waals surface area contributed by atoms with Gasteiger partial charge in [0.05, 0.1) is 20.1 Å². The van der Waals surface area contributed by atoms with Gasteiger partial charge in [-0.1, -0.05) is 94.4 Å². The van der Waals surface area contributed by atoms with Crippen molar-refractivity contribution in [2.24, 2.45) is 22.9 Å². The van der Waals surface area contributed by atoms with Crippen LogP contribution in [0.2, 0.25) is 25.1 Å². The van der Waals surface area contributed by atoms with Gasteiger partial charge in [0.2, 0.25) is 0 Å². The minimum atomic E-state index is -0.871. The molecule has 20 nitrogen and oxygen atoms in total. The summed E-state index contributed by atoms with van der Waals surface area (Å²) in [7, 11) is 0. The molecule has 12 aromatic rings. The maximum Gasteiger partial charge on any atom is 0.163 e. The summed E-state index contributed by atoms with van der Waals surface area (Å²) < 4.78 is 80.8. The van der Waals surface area contributed by atoms with Crippen LogP contribution in [0.15, 0.2) is 201 Å². The average Bonchev–Trinajstić information content (AvgIpc) is 0.827. The lowest BCUT2D eigenvalue weighted by Crippen LogP contribution is -2.33. The summed E-state index contributed by atoms with van der Waals surface area (Å²) in [4.78, 5) is 35.0. The van der Waals surface area contributed by atoms with Gasteiger partial charge in [0.25, 0.3) is 0 Å². The monoisotopic (exact) mass is 1770 g/mol. The number of rotatable bonds is 24. The minimum Gasteiger partial charge on any atom is -0.367 e. The van der Waals surface area contributed by atoms with Crippen molar-refractivity contribution in [3.05, 3.63) is 284 Å². The van der Waals surface area contributed by atoms with Crippen LogP contribution in [0.25, 0.3) is 44.5 Å². The Labute approximate surface area is 736 Å². The van der Waals surface area contributed by atoms with Gasteiger partial charge in [0, 0.05) is 169 Å². The summed E-state index contributed by atoms with van der Waals surface area (Å²) in [6, 6.07) is 44.7. The SMILES string of the molecule is NC1CCC(Nc2cc(-c3ccnc(NCc4ccc(Cl)cc4)c3)c(Cl)cn2)CC1.NC1CCC(Nc2cc(-c3ccnc(NCc4ccc(F)c(F)c4)c3)c(Cl)cn2)CC1.NC1CCC(Nc2cc(-c3ccnc(NCc4ccc(F)cc4F)c3)c(Cl)cn2)CC1.NC1CCC(Nc2cc(-c3ccnc(NCc4cccc(F)c4F)c3)c(Cl)cn2)CC1. The molecule has 123 heavy (non-hydrogen) atoms. The third-order valence-electron chi connectivity index (χ3n) is 22.0. The predicted molar refractivity (Wildman–Crippen MR) is 485 cm³/mol. The number of hydrogen-bond donors (Lipinski definition) is 12. The lowest BCUT2D eigenvalue weighted by atomic mass is 9.92. The molecule has 4 fully saturated rings. The fourth-order valence-corrected chi connectivity index (χ4v) is 16.0. The van der Waals surface area contributed by atoms with E-state index in [9.17, 15) is 26.3 Å². The Balaban J connectivity index is 0.000000141. The third kappa shape index (κ3) is 26.7. The summed E-state index contributed by atoms with van der Waals surface area (Å²) >= 11 is 31.7. The number of nitrogens with zero attached hydrogens (tertiary/aromatic N) is 8. The van der Waals surface area contributed by atoms with Crippen molar-refractivity contribution in [1.82, 2.24) is 39.9 Å². The Morgan fingerprint density at radius 1 is 0.285 bits per heavy atom. The van der Waals surface area contributed by atoms with Gasteiger partial charge in [-0.2, -0.15) is 0 Å². The highest BCUT2D eigenvalue weighted by atomic mass is 35.5. The number of hydrogen-bond acceptors (Lipinski definition) is 20. The molecule has 4 aromatic carbocycles. The molecular formula is C92H97Cl5F6N20. The summed E-state index contributed by atoms with van der Waals surface area (Å²) in [5, 5.41) is 29.5. The zero-order chi connectivity index (χ0) is 86.3. The van der Waals surface area contributed by atoms with Crippen molar-refractivity contribution < 1.29 is 26.3 Å². The maximum atomic E-state index is 13.9. The molecule has 4 saturated carbocycles. The minimum absolute atomic E-state index is 0.112. The highest BCUT2D eigenvalue weighted by Gasteiger charge is 2.25. The van der Waals surface area contributed by atoms with Gasteiger partial charge in [-0.15, -0.1) is 0 Å². The molecule has 0 aliphatic heterocycles. The lowest BCUT2D eigenvalue weighted by Gasteiger charge is -2.27. The van der Waals surface area contributed by atoms with Crippen LogP contribution < -0.4 is 65.5 Å². The summed E-state index contributed by atoms with van der Waals surface area (Å²) in [6.45, 7) is 1.27. The van der Waals surface area contributed by atoms with Gasteiger partial charge in [0.1, 0.15) is 58.2 Å². The molecule has 0 radical (unpaired) electrons. The first-order chi connectivity index (χ1) is 59.5. The average molecular weight is 1770 g/mol. The second kappa shape index (κ2) is 44.1. The van der Waals surface area contributed by atoms with Gasteiger partial charge in [-0.3, -0.25) is 0 Å². The zero-order valence-corrected chi connectivity index (χ0v) is 71.1. The Morgan fingerprint density at radius 3 is 0.967 bits per heavy atom. The molecule has 0 spiro atoms. The van der Waals surface area contributed by atoms with Crippen molar-refractivity contribution in [2.75, 3.05) is 42.5 Å². The van der Waals surface area contributed by atoms with E-state index in [0.717, 1.165) is 205 Å². The number of halogens is 11. The topological polar surface area (TPSA) is 303 Å². The molecule has 31 heteroatoms. The van der Waals surface area contributed by atoms with E-state index in [1.54, 1.807) is 49.6 Å². The van der Waals surface area contributed by atoms with Crippen molar-refractivity contribution in [2.45, 2.75) is 177 Å². The molecule has 8 heterocycles. The van der Waals surface area contributed by atoms with Crippen LogP contribution in [0.1, 0.15) is 125 Å². The molecule has 4 aliphatic rings. The molecule has 0 unspecified atom stereocenters. The van der Waals surface area contributed by atoms with Crippen LogP contribution >= 0.6 is 58.0 Å². The smallest absolute Gasteiger partial charge is 0.163 e. The molecular weight excluding hydrogens is 1680 g/mol. The van der Waals surface area contributed by atoms with E-state index in [4.69, 9.17) is 80.9 Å². The number of aromatic nitrogens is 8. The van der Waals surface area contributed by atoms with E-state index >= 15 is 0 Å². The molecule has 642 valence electrons. The fourth-order valence-electron chi connectivity index (χ4n) is 15.0. The number of nitrogens with two attached hydrogens (primary N) is 4. The zero-order valence-electron chi connectivity index (χ0n) is 67.4. The van der Waals surface area contributed by atoms with Crippen LogP contribution in [0.5, 0.6) is 0 Å².